The van der Waals surface area contributed by atoms with Crippen molar-refractivity contribution < 1.29 is 4.79 Å². The minimum Gasteiger partial charge on any atom is -0.325 e. The number of hydrogen-bond donors (Lipinski definition) is 1. The SMILES string of the molecule is CN(C(=O)N1CCC(c2nn[nH]n2)C1)C1CCCC1. The van der Waals surface area contributed by atoms with E-state index >= 15 is 0 Å². The van der Waals surface area contributed by atoms with Crippen molar-refractivity contribution in [3.63, 3.8) is 0 Å². The fraction of sp³-hybridized carbons (Fsp3) is 0.833. The minimum absolute atomic E-state index is 0.151. The van der Waals surface area contributed by atoms with Crippen LogP contribution in [0.25, 0.3) is 0 Å². The highest BCUT2D eigenvalue weighted by molar-refractivity contribution is 5.75. The Morgan fingerprint density at radius 1 is 1.37 bits per heavy atom. The summed E-state index contributed by atoms with van der Waals surface area (Å²) in [6, 6.07) is 0.578. The number of carbonyl (C=O) groups excluding carboxylic acids is 1. The van der Waals surface area contributed by atoms with Crippen LogP contribution in [0.3, 0.4) is 0 Å². The van der Waals surface area contributed by atoms with E-state index in [1.54, 1.807) is 0 Å². The summed E-state index contributed by atoms with van der Waals surface area (Å²) < 4.78 is 0. The van der Waals surface area contributed by atoms with Gasteiger partial charge >= 0.3 is 6.03 Å². The van der Waals surface area contributed by atoms with Gasteiger partial charge < -0.3 is 9.80 Å². The van der Waals surface area contributed by atoms with E-state index in [0.29, 0.717) is 12.6 Å². The maximum Gasteiger partial charge on any atom is 0.320 e. The molecule has 1 unspecified atom stereocenters. The van der Waals surface area contributed by atoms with Crippen LogP contribution in [0.4, 0.5) is 4.79 Å². The number of amides is 2. The summed E-state index contributed by atoms with van der Waals surface area (Å²) in [5, 5.41) is 14.1. The Hall–Kier alpha value is -1.66. The highest BCUT2D eigenvalue weighted by Crippen LogP contribution is 2.27. The Balaban J connectivity index is 1.59. The van der Waals surface area contributed by atoms with Gasteiger partial charge in [0.05, 0.1) is 0 Å². The van der Waals surface area contributed by atoms with E-state index in [0.717, 1.165) is 31.6 Å². The second-order valence-corrected chi connectivity index (χ2v) is 5.53. The van der Waals surface area contributed by atoms with Crippen LogP contribution in [0.15, 0.2) is 0 Å². The lowest BCUT2D eigenvalue weighted by atomic mass is 10.1. The molecule has 0 radical (unpaired) electrons. The zero-order valence-electron chi connectivity index (χ0n) is 11.2. The quantitative estimate of drug-likeness (QED) is 0.863. The third-order valence-electron chi connectivity index (χ3n) is 4.36. The van der Waals surface area contributed by atoms with Crippen molar-refractivity contribution in [3.8, 4) is 0 Å². The molecule has 7 nitrogen and oxygen atoms in total. The third-order valence-corrected chi connectivity index (χ3v) is 4.36. The van der Waals surface area contributed by atoms with E-state index in [2.05, 4.69) is 20.6 Å². The predicted octanol–water partition coefficient (Wildman–Crippen LogP) is 0.983. The van der Waals surface area contributed by atoms with E-state index in [4.69, 9.17) is 0 Å². The van der Waals surface area contributed by atoms with Crippen molar-refractivity contribution in [3.05, 3.63) is 5.82 Å². The molecule has 2 amide bonds. The third kappa shape index (κ3) is 2.41. The van der Waals surface area contributed by atoms with Gasteiger partial charge in [0.1, 0.15) is 0 Å². The first kappa shape index (κ1) is 12.4. The Morgan fingerprint density at radius 3 is 2.84 bits per heavy atom. The van der Waals surface area contributed by atoms with Crippen molar-refractivity contribution in [2.45, 2.75) is 44.1 Å². The van der Waals surface area contributed by atoms with E-state index < -0.39 is 0 Å². The first-order valence-electron chi connectivity index (χ1n) is 7.01. The second kappa shape index (κ2) is 5.14. The van der Waals surface area contributed by atoms with Gasteiger partial charge in [-0.15, -0.1) is 10.2 Å². The van der Waals surface area contributed by atoms with Crippen molar-refractivity contribution >= 4 is 6.03 Å². The smallest absolute Gasteiger partial charge is 0.320 e. The molecule has 0 aromatic carbocycles. The zero-order valence-corrected chi connectivity index (χ0v) is 11.2. The van der Waals surface area contributed by atoms with Gasteiger partial charge in [-0.25, -0.2) is 4.79 Å². The topological polar surface area (TPSA) is 78.0 Å². The second-order valence-electron chi connectivity index (χ2n) is 5.53. The summed E-state index contributed by atoms with van der Waals surface area (Å²) in [5.74, 6) is 0.943. The van der Waals surface area contributed by atoms with E-state index in [1.165, 1.54) is 12.8 Å². The summed E-state index contributed by atoms with van der Waals surface area (Å²) in [6.07, 6.45) is 5.69. The molecule has 1 atom stereocenters. The molecule has 1 aliphatic carbocycles. The standard InChI is InChI=1S/C12H20N6O/c1-17(10-4-2-3-5-10)12(19)18-7-6-9(8-18)11-13-15-16-14-11/h9-10H,2-8H2,1H3,(H,13,14,15,16). The number of nitrogens with one attached hydrogen (secondary N) is 1. The number of tetrazole rings is 1. The zero-order chi connectivity index (χ0) is 13.2. The highest BCUT2D eigenvalue weighted by Gasteiger charge is 2.33. The summed E-state index contributed by atoms with van der Waals surface area (Å²) in [5.41, 5.74) is 0. The molecule has 104 valence electrons. The Labute approximate surface area is 112 Å². The largest absolute Gasteiger partial charge is 0.325 e. The fourth-order valence-electron chi connectivity index (χ4n) is 3.16. The lowest BCUT2D eigenvalue weighted by Gasteiger charge is -2.29. The van der Waals surface area contributed by atoms with E-state index in [1.807, 2.05) is 16.8 Å². The number of rotatable bonds is 2. The first-order valence-corrected chi connectivity index (χ1v) is 7.01. The van der Waals surface area contributed by atoms with Crippen molar-refractivity contribution in [1.29, 1.82) is 0 Å². The number of urea groups is 1. The number of nitrogens with zero attached hydrogens (tertiary/aromatic N) is 5. The lowest BCUT2D eigenvalue weighted by Crippen LogP contribution is -2.44. The van der Waals surface area contributed by atoms with Gasteiger partial charge in [0, 0.05) is 32.1 Å². The summed E-state index contributed by atoms with van der Waals surface area (Å²) >= 11 is 0. The van der Waals surface area contributed by atoms with Gasteiger partial charge in [0.15, 0.2) is 5.82 Å². The van der Waals surface area contributed by atoms with Crippen LogP contribution in [0.1, 0.15) is 43.8 Å². The highest BCUT2D eigenvalue weighted by atomic mass is 16.2. The molecule has 1 N–H and O–H groups in total. The molecule has 1 aromatic rings. The summed E-state index contributed by atoms with van der Waals surface area (Å²) in [7, 11) is 1.93. The number of aromatic nitrogens is 4. The van der Waals surface area contributed by atoms with E-state index in [9.17, 15) is 4.79 Å². The monoisotopic (exact) mass is 264 g/mol. The van der Waals surface area contributed by atoms with Gasteiger partial charge in [0.2, 0.25) is 0 Å². The molecule has 1 aliphatic heterocycles. The van der Waals surface area contributed by atoms with Crippen LogP contribution < -0.4 is 0 Å². The van der Waals surface area contributed by atoms with Gasteiger partial charge in [-0.3, -0.25) is 0 Å². The van der Waals surface area contributed by atoms with Crippen LogP contribution in [0, 0.1) is 0 Å². The fourth-order valence-corrected chi connectivity index (χ4v) is 3.16. The molecule has 19 heavy (non-hydrogen) atoms. The normalized spacial score (nSPS) is 24.1. The van der Waals surface area contributed by atoms with Crippen molar-refractivity contribution in [1.82, 2.24) is 30.4 Å². The number of hydrogen-bond acceptors (Lipinski definition) is 4. The molecule has 7 heteroatoms. The maximum atomic E-state index is 12.4. The lowest BCUT2D eigenvalue weighted by molar-refractivity contribution is 0.156. The van der Waals surface area contributed by atoms with E-state index in [-0.39, 0.29) is 11.9 Å². The summed E-state index contributed by atoms with van der Waals surface area (Å²) in [4.78, 5) is 16.3. The molecule has 2 fully saturated rings. The molecule has 3 rings (SSSR count). The molecule has 0 bridgehead atoms. The number of carbonyl (C=O) groups is 1. The Bertz CT molecular complexity index is 427. The van der Waals surface area contributed by atoms with Crippen LogP contribution >= 0.6 is 0 Å². The molecular weight excluding hydrogens is 244 g/mol. The Kier molecular flexibility index (Phi) is 3.35. The molecule has 0 spiro atoms. The van der Waals surface area contributed by atoms with Crippen LogP contribution in [-0.4, -0.2) is 62.6 Å². The summed E-state index contributed by atoms with van der Waals surface area (Å²) in [6.45, 7) is 1.49. The minimum atomic E-state index is 0.151. The number of likely N-dealkylation sites (tertiary alicyclic amines) is 1. The van der Waals surface area contributed by atoms with Crippen LogP contribution in [-0.2, 0) is 0 Å². The van der Waals surface area contributed by atoms with Gasteiger partial charge in [-0.05, 0) is 19.3 Å². The maximum absolute atomic E-state index is 12.4. The van der Waals surface area contributed by atoms with Crippen molar-refractivity contribution in [2.24, 2.45) is 0 Å². The molecular formula is C12H20N6O. The average molecular weight is 264 g/mol. The predicted molar refractivity (Wildman–Crippen MR) is 68.5 cm³/mol. The molecule has 1 saturated heterocycles. The van der Waals surface area contributed by atoms with Crippen LogP contribution in [0.2, 0.25) is 0 Å². The number of aromatic amines is 1. The van der Waals surface area contributed by atoms with Gasteiger partial charge in [-0.2, -0.15) is 5.21 Å². The molecule has 2 heterocycles. The molecule has 2 aliphatic rings. The number of H-pyrrole nitrogens is 1. The van der Waals surface area contributed by atoms with Gasteiger partial charge in [-0.1, -0.05) is 18.1 Å². The molecule has 1 saturated carbocycles. The van der Waals surface area contributed by atoms with Crippen LogP contribution in [0.5, 0.6) is 0 Å². The Morgan fingerprint density at radius 2 is 2.16 bits per heavy atom. The average Bonchev–Trinajstić information content (AvgIpc) is 3.16. The molecule has 1 aromatic heterocycles. The first-order chi connectivity index (χ1) is 9.25. The van der Waals surface area contributed by atoms with Crippen molar-refractivity contribution in [2.75, 3.05) is 20.1 Å². The van der Waals surface area contributed by atoms with Gasteiger partial charge in [0.25, 0.3) is 0 Å².